The second-order valence-electron chi connectivity index (χ2n) is 6.76. The molecule has 2 heterocycles. The molecule has 6 nitrogen and oxygen atoms in total. The summed E-state index contributed by atoms with van der Waals surface area (Å²) in [6.45, 7) is 0.530. The van der Waals surface area contributed by atoms with Gasteiger partial charge in [-0.2, -0.15) is 0 Å². The summed E-state index contributed by atoms with van der Waals surface area (Å²) in [6, 6.07) is 20.8. The minimum absolute atomic E-state index is 0.0670. The molecule has 4 rings (SSSR count). The van der Waals surface area contributed by atoms with Crippen LogP contribution in [0.3, 0.4) is 0 Å². The second kappa shape index (κ2) is 8.06. The van der Waals surface area contributed by atoms with Gasteiger partial charge in [0.2, 0.25) is 5.91 Å². The van der Waals surface area contributed by atoms with Crippen LogP contribution in [-0.4, -0.2) is 22.2 Å². The molecule has 6 heteroatoms. The maximum Gasteiger partial charge on any atom is 0.275 e. The number of pyridine rings is 1. The monoisotopic (exact) mass is 387 g/mol. The molecule has 0 radical (unpaired) electrons. The summed E-state index contributed by atoms with van der Waals surface area (Å²) in [4.78, 5) is 25.5. The van der Waals surface area contributed by atoms with Crippen molar-refractivity contribution in [3.63, 3.8) is 0 Å². The Hall–Kier alpha value is -3.80. The summed E-state index contributed by atoms with van der Waals surface area (Å²) in [7, 11) is 1.57. The Morgan fingerprint density at radius 1 is 0.966 bits per heavy atom. The highest BCUT2D eigenvalue weighted by Gasteiger charge is 2.11. The molecule has 0 saturated carbocycles. The molecule has 146 valence electrons. The lowest BCUT2D eigenvalue weighted by atomic mass is 10.2. The maximum atomic E-state index is 13.0. The summed E-state index contributed by atoms with van der Waals surface area (Å²) in [5.74, 6) is 0.376. The van der Waals surface area contributed by atoms with Crippen molar-refractivity contribution < 1.29 is 9.53 Å². The van der Waals surface area contributed by atoms with Crippen molar-refractivity contribution in [1.82, 2.24) is 9.13 Å². The van der Waals surface area contributed by atoms with Crippen LogP contribution in [0.5, 0.6) is 5.75 Å². The van der Waals surface area contributed by atoms with E-state index in [2.05, 4.69) is 5.32 Å². The van der Waals surface area contributed by atoms with Crippen molar-refractivity contribution in [2.24, 2.45) is 0 Å². The third kappa shape index (κ3) is 4.06. The van der Waals surface area contributed by atoms with Gasteiger partial charge >= 0.3 is 0 Å². The van der Waals surface area contributed by atoms with Crippen molar-refractivity contribution in [1.29, 1.82) is 0 Å². The van der Waals surface area contributed by atoms with E-state index in [9.17, 15) is 9.59 Å². The molecule has 1 N–H and O–H groups in total. The van der Waals surface area contributed by atoms with Gasteiger partial charge in [-0.25, -0.2) is 0 Å². The fraction of sp³-hybridized carbons (Fsp3) is 0.130. The first-order valence-electron chi connectivity index (χ1n) is 9.30. The maximum absolute atomic E-state index is 13.0. The van der Waals surface area contributed by atoms with Gasteiger partial charge in [0.15, 0.2) is 0 Å². The molecule has 2 aromatic heterocycles. The Labute approximate surface area is 168 Å². The van der Waals surface area contributed by atoms with E-state index in [1.807, 2.05) is 53.2 Å². The molecule has 4 aromatic rings. The normalized spacial score (nSPS) is 10.8. The Balaban J connectivity index is 1.57. The number of rotatable bonds is 6. The zero-order chi connectivity index (χ0) is 20.2. The first kappa shape index (κ1) is 18.6. The highest BCUT2D eigenvalue weighted by molar-refractivity contribution is 5.91. The number of aromatic nitrogens is 2. The third-order valence-electron chi connectivity index (χ3n) is 4.76. The zero-order valence-electron chi connectivity index (χ0n) is 16.0. The quantitative estimate of drug-likeness (QED) is 0.551. The van der Waals surface area contributed by atoms with E-state index >= 15 is 0 Å². The number of fused-ring (bicyclic) bond motifs is 1. The Morgan fingerprint density at radius 3 is 2.48 bits per heavy atom. The molecule has 0 spiro atoms. The Bertz CT molecular complexity index is 1210. The highest BCUT2D eigenvalue weighted by Crippen LogP contribution is 2.17. The molecule has 0 aliphatic carbocycles. The number of anilines is 1. The fourth-order valence-corrected chi connectivity index (χ4v) is 3.34. The van der Waals surface area contributed by atoms with E-state index in [1.165, 1.54) is 4.57 Å². The van der Waals surface area contributed by atoms with Gasteiger partial charge < -0.3 is 19.2 Å². The topological polar surface area (TPSA) is 65.3 Å². The molecule has 0 unspecified atom stereocenters. The number of amides is 1. The van der Waals surface area contributed by atoms with Crippen molar-refractivity contribution in [3.8, 4) is 5.75 Å². The van der Waals surface area contributed by atoms with E-state index in [0.717, 1.165) is 10.9 Å². The number of nitrogens with zero attached hydrogens (tertiary/aromatic N) is 2. The molecule has 0 aliphatic heterocycles. The highest BCUT2D eigenvalue weighted by atomic mass is 16.5. The van der Waals surface area contributed by atoms with Crippen LogP contribution < -0.4 is 15.6 Å². The molecule has 2 aromatic carbocycles. The molecule has 0 atom stereocenters. The van der Waals surface area contributed by atoms with Gasteiger partial charge in [-0.3, -0.25) is 9.59 Å². The number of nitrogens with one attached hydrogen (secondary N) is 1. The van der Waals surface area contributed by atoms with Gasteiger partial charge in [0.05, 0.1) is 7.11 Å². The minimum atomic E-state index is -0.277. The number of benzene rings is 2. The average molecular weight is 387 g/mol. The Kier molecular flexibility index (Phi) is 5.16. The Morgan fingerprint density at radius 2 is 1.72 bits per heavy atom. The number of carbonyl (C=O) groups is 1. The van der Waals surface area contributed by atoms with E-state index < -0.39 is 0 Å². The lowest BCUT2D eigenvalue weighted by Crippen LogP contribution is -2.28. The standard InChI is InChI=1S/C23H21N3O3/c1-29-20-9-5-8-19(14-20)24-21(27)16-26-13-11-18-10-12-25(22(18)23(26)28)15-17-6-3-2-4-7-17/h2-14H,15-16H2,1H3,(H,24,27). The minimum Gasteiger partial charge on any atom is -0.497 e. The van der Waals surface area contributed by atoms with Crippen LogP contribution in [0.2, 0.25) is 0 Å². The molecule has 1 amide bonds. The molecule has 0 saturated heterocycles. The molecule has 0 bridgehead atoms. The largest absolute Gasteiger partial charge is 0.497 e. The van der Waals surface area contributed by atoms with Gasteiger partial charge in [-0.1, -0.05) is 36.4 Å². The first-order chi connectivity index (χ1) is 14.1. The van der Waals surface area contributed by atoms with Crippen LogP contribution in [0.4, 0.5) is 5.69 Å². The summed E-state index contributed by atoms with van der Waals surface area (Å²) in [5.41, 5.74) is 2.13. The van der Waals surface area contributed by atoms with Crippen LogP contribution in [0.15, 0.2) is 83.9 Å². The van der Waals surface area contributed by atoms with Crippen LogP contribution in [0.1, 0.15) is 5.56 Å². The van der Waals surface area contributed by atoms with Crippen molar-refractivity contribution in [2.45, 2.75) is 13.1 Å². The molecular weight excluding hydrogens is 366 g/mol. The van der Waals surface area contributed by atoms with Crippen molar-refractivity contribution in [3.05, 3.63) is 95.0 Å². The van der Waals surface area contributed by atoms with Crippen LogP contribution in [-0.2, 0) is 17.9 Å². The van der Waals surface area contributed by atoms with E-state index in [4.69, 9.17) is 4.74 Å². The predicted octanol–water partition coefficient (Wildman–Crippen LogP) is 3.50. The van der Waals surface area contributed by atoms with Gasteiger partial charge in [0, 0.05) is 36.1 Å². The molecule has 29 heavy (non-hydrogen) atoms. The van der Waals surface area contributed by atoms with E-state index in [-0.39, 0.29) is 18.0 Å². The molecular formula is C23H21N3O3. The number of hydrogen-bond donors (Lipinski definition) is 1. The molecule has 0 fully saturated rings. The SMILES string of the molecule is COc1cccc(NC(=O)Cn2ccc3ccn(Cc4ccccc4)c3c2=O)c1. The van der Waals surface area contributed by atoms with Gasteiger partial charge in [-0.15, -0.1) is 0 Å². The predicted molar refractivity (Wildman–Crippen MR) is 113 cm³/mol. The number of hydrogen-bond acceptors (Lipinski definition) is 3. The summed E-state index contributed by atoms with van der Waals surface area (Å²) < 4.78 is 8.52. The number of carbonyl (C=O) groups excluding carboxylic acids is 1. The van der Waals surface area contributed by atoms with Crippen molar-refractivity contribution in [2.75, 3.05) is 12.4 Å². The van der Waals surface area contributed by atoms with Crippen LogP contribution in [0, 0.1) is 0 Å². The summed E-state index contributed by atoms with van der Waals surface area (Å²) in [6.07, 6.45) is 3.56. The zero-order valence-corrected chi connectivity index (χ0v) is 16.0. The number of methoxy groups -OCH3 is 1. The van der Waals surface area contributed by atoms with E-state index in [0.29, 0.717) is 23.5 Å². The second-order valence-corrected chi connectivity index (χ2v) is 6.76. The average Bonchev–Trinajstić information content (AvgIpc) is 3.14. The first-order valence-corrected chi connectivity index (χ1v) is 9.30. The van der Waals surface area contributed by atoms with Crippen LogP contribution in [0.25, 0.3) is 10.9 Å². The smallest absolute Gasteiger partial charge is 0.275 e. The molecule has 0 aliphatic rings. The lowest BCUT2D eigenvalue weighted by molar-refractivity contribution is -0.116. The third-order valence-corrected chi connectivity index (χ3v) is 4.76. The number of ether oxygens (including phenoxy) is 1. The fourth-order valence-electron chi connectivity index (χ4n) is 3.34. The summed E-state index contributed by atoms with van der Waals surface area (Å²) in [5, 5.41) is 3.66. The van der Waals surface area contributed by atoms with Gasteiger partial charge in [0.1, 0.15) is 17.8 Å². The van der Waals surface area contributed by atoms with Gasteiger partial charge in [0.25, 0.3) is 5.56 Å². The van der Waals surface area contributed by atoms with Crippen LogP contribution >= 0.6 is 0 Å². The lowest BCUT2D eigenvalue weighted by Gasteiger charge is -2.10. The van der Waals surface area contributed by atoms with Crippen molar-refractivity contribution >= 4 is 22.5 Å². The van der Waals surface area contributed by atoms with E-state index in [1.54, 1.807) is 37.6 Å². The summed E-state index contributed by atoms with van der Waals surface area (Å²) >= 11 is 0. The van der Waals surface area contributed by atoms with Gasteiger partial charge in [-0.05, 0) is 29.8 Å².